The fourth-order valence-corrected chi connectivity index (χ4v) is 4.31. The number of hydrogen-bond acceptors (Lipinski definition) is 2. The molecule has 0 heterocycles. The van der Waals surface area contributed by atoms with Crippen LogP contribution in [0.5, 0.6) is 0 Å². The zero-order valence-corrected chi connectivity index (χ0v) is 13.3. The van der Waals surface area contributed by atoms with Crippen LogP contribution in [0.4, 0.5) is 4.39 Å². The molecule has 1 aromatic rings. The number of esters is 1. The van der Waals surface area contributed by atoms with Gasteiger partial charge in [0.15, 0.2) is 0 Å². The second-order valence-electron chi connectivity index (χ2n) is 7.13. The molecule has 0 radical (unpaired) electrons. The molecular formula is C17H20ClFO2. The molecule has 3 unspecified atom stereocenters. The SMILES string of the molecule is CC1(C)C2CCC1(C)C(OC(=O)c1ccc(F)c(Cl)c1)C2. The van der Waals surface area contributed by atoms with Gasteiger partial charge in [0.1, 0.15) is 11.9 Å². The summed E-state index contributed by atoms with van der Waals surface area (Å²) < 4.78 is 18.9. The van der Waals surface area contributed by atoms with Crippen LogP contribution < -0.4 is 0 Å². The van der Waals surface area contributed by atoms with Crippen LogP contribution in [0.3, 0.4) is 0 Å². The Morgan fingerprint density at radius 2 is 2.10 bits per heavy atom. The third-order valence-electron chi connectivity index (χ3n) is 6.12. The van der Waals surface area contributed by atoms with Crippen LogP contribution in [-0.2, 0) is 4.74 Å². The Morgan fingerprint density at radius 1 is 1.38 bits per heavy atom. The number of rotatable bonds is 2. The second kappa shape index (κ2) is 4.70. The van der Waals surface area contributed by atoms with Crippen molar-refractivity contribution in [3.8, 4) is 0 Å². The molecule has 2 saturated carbocycles. The van der Waals surface area contributed by atoms with Gasteiger partial charge in [-0.2, -0.15) is 0 Å². The average Bonchev–Trinajstić information content (AvgIpc) is 2.75. The van der Waals surface area contributed by atoms with Crippen molar-refractivity contribution in [1.29, 1.82) is 0 Å². The van der Waals surface area contributed by atoms with Crippen molar-refractivity contribution in [2.75, 3.05) is 0 Å². The van der Waals surface area contributed by atoms with Gasteiger partial charge in [-0.05, 0) is 48.8 Å². The van der Waals surface area contributed by atoms with Gasteiger partial charge in [0.2, 0.25) is 0 Å². The normalized spacial score (nSPS) is 33.2. The first-order chi connectivity index (χ1) is 9.75. The van der Waals surface area contributed by atoms with Crippen LogP contribution in [-0.4, -0.2) is 12.1 Å². The maximum Gasteiger partial charge on any atom is 0.338 e. The summed E-state index contributed by atoms with van der Waals surface area (Å²) in [5.74, 6) is -0.329. The van der Waals surface area contributed by atoms with Crippen molar-refractivity contribution in [2.45, 2.75) is 46.1 Å². The molecule has 0 spiro atoms. The van der Waals surface area contributed by atoms with E-state index in [1.54, 1.807) is 0 Å². The van der Waals surface area contributed by atoms with Gasteiger partial charge in [-0.25, -0.2) is 9.18 Å². The van der Waals surface area contributed by atoms with E-state index < -0.39 is 11.8 Å². The van der Waals surface area contributed by atoms with Crippen LogP contribution in [0.1, 0.15) is 50.4 Å². The summed E-state index contributed by atoms with van der Waals surface area (Å²) >= 11 is 5.73. The zero-order valence-electron chi connectivity index (χ0n) is 12.6. The third-order valence-corrected chi connectivity index (χ3v) is 6.41. The molecule has 0 N–H and O–H groups in total. The lowest BCUT2D eigenvalue weighted by molar-refractivity contribution is -0.0242. The van der Waals surface area contributed by atoms with Crippen LogP contribution in [0.2, 0.25) is 5.02 Å². The van der Waals surface area contributed by atoms with Gasteiger partial charge in [-0.15, -0.1) is 0 Å². The minimum atomic E-state index is -0.527. The molecule has 2 nitrogen and oxygen atoms in total. The molecule has 2 bridgehead atoms. The fraction of sp³-hybridized carbons (Fsp3) is 0.588. The number of carbonyl (C=O) groups is 1. The second-order valence-corrected chi connectivity index (χ2v) is 7.54. The highest BCUT2D eigenvalue weighted by molar-refractivity contribution is 6.31. The van der Waals surface area contributed by atoms with Crippen LogP contribution in [0, 0.1) is 22.6 Å². The molecule has 3 rings (SSSR count). The molecule has 21 heavy (non-hydrogen) atoms. The summed E-state index contributed by atoms with van der Waals surface area (Å²) in [6.45, 7) is 6.76. The lowest BCUT2D eigenvalue weighted by Gasteiger charge is -2.38. The molecule has 1 aromatic carbocycles. The zero-order chi connectivity index (χ0) is 15.4. The van der Waals surface area contributed by atoms with Gasteiger partial charge in [-0.1, -0.05) is 32.4 Å². The molecule has 4 heteroatoms. The van der Waals surface area contributed by atoms with E-state index in [0.717, 1.165) is 12.8 Å². The molecule has 0 amide bonds. The molecule has 0 aliphatic heterocycles. The summed E-state index contributed by atoms with van der Waals surface area (Å²) in [6, 6.07) is 3.95. The Hall–Kier alpha value is -1.09. The molecule has 3 atom stereocenters. The number of ether oxygens (including phenoxy) is 1. The standard InChI is InChI=1S/C17H20ClFO2/c1-16(2)11-6-7-17(16,3)14(9-11)21-15(20)10-4-5-13(19)12(18)8-10/h4-5,8,11,14H,6-7,9H2,1-3H3. The highest BCUT2D eigenvalue weighted by atomic mass is 35.5. The van der Waals surface area contributed by atoms with Gasteiger partial charge < -0.3 is 4.74 Å². The Bertz CT molecular complexity index is 598. The highest BCUT2D eigenvalue weighted by Crippen LogP contribution is 2.66. The van der Waals surface area contributed by atoms with E-state index in [9.17, 15) is 9.18 Å². The average molecular weight is 311 g/mol. The van der Waals surface area contributed by atoms with E-state index in [0.29, 0.717) is 11.5 Å². The minimum absolute atomic E-state index is 0.0250. The van der Waals surface area contributed by atoms with E-state index in [-0.39, 0.29) is 22.0 Å². The molecular weight excluding hydrogens is 291 g/mol. The van der Waals surface area contributed by atoms with Crippen molar-refractivity contribution < 1.29 is 13.9 Å². The maximum absolute atomic E-state index is 13.2. The number of carbonyl (C=O) groups excluding carboxylic acids is 1. The van der Waals surface area contributed by atoms with Gasteiger partial charge in [0.05, 0.1) is 10.6 Å². The first-order valence-electron chi connectivity index (χ1n) is 7.42. The lowest BCUT2D eigenvalue weighted by Crippen LogP contribution is -2.38. The maximum atomic E-state index is 13.2. The van der Waals surface area contributed by atoms with Crippen molar-refractivity contribution in [2.24, 2.45) is 16.7 Å². The fourth-order valence-electron chi connectivity index (χ4n) is 4.13. The number of benzene rings is 1. The number of fused-ring (bicyclic) bond motifs is 2. The highest BCUT2D eigenvalue weighted by Gasteiger charge is 2.62. The third kappa shape index (κ3) is 2.09. The quantitative estimate of drug-likeness (QED) is 0.730. The van der Waals surface area contributed by atoms with Gasteiger partial charge in [0.25, 0.3) is 0 Å². The Balaban J connectivity index is 1.79. The van der Waals surface area contributed by atoms with Crippen molar-refractivity contribution in [1.82, 2.24) is 0 Å². The van der Waals surface area contributed by atoms with E-state index in [2.05, 4.69) is 20.8 Å². The smallest absolute Gasteiger partial charge is 0.338 e. The van der Waals surface area contributed by atoms with E-state index in [1.807, 2.05) is 0 Å². The largest absolute Gasteiger partial charge is 0.458 e. The summed E-state index contributed by atoms with van der Waals surface area (Å²) in [4.78, 5) is 12.3. The van der Waals surface area contributed by atoms with E-state index >= 15 is 0 Å². The van der Waals surface area contributed by atoms with Crippen LogP contribution in [0.25, 0.3) is 0 Å². The number of hydrogen-bond donors (Lipinski definition) is 0. The summed E-state index contributed by atoms with van der Waals surface area (Å²) in [5, 5.41) is -0.0519. The Labute approximate surface area is 129 Å². The van der Waals surface area contributed by atoms with Gasteiger partial charge >= 0.3 is 5.97 Å². The summed E-state index contributed by atoms with van der Waals surface area (Å²) in [5.41, 5.74) is 0.529. The lowest BCUT2D eigenvalue weighted by atomic mass is 9.70. The van der Waals surface area contributed by atoms with Crippen LogP contribution >= 0.6 is 11.6 Å². The van der Waals surface area contributed by atoms with Crippen molar-refractivity contribution >= 4 is 17.6 Å². The molecule has 0 aromatic heterocycles. The molecule has 2 fully saturated rings. The van der Waals surface area contributed by atoms with E-state index in [1.165, 1.54) is 24.6 Å². The summed E-state index contributed by atoms with van der Waals surface area (Å²) in [7, 11) is 0. The molecule has 2 aliphatic rings. The molecule has 0 saturated heterocycles. The van der Waals surface area contributed by atoms with Gasteiger partial charge in [-0.3, -0.25) is 0 Å². The van der Waals surface area contributed by atoms with Crippen LogP contribution in [0.15, 0.2) is 18.2 Å². The number of halogens is 2. The first kappa shape index (κ1) is 14.8. The molecule has 114 valence electrons. The Kier molecular flexibility index (Phi) is 3.32. The van der Waals surface area contributed by atoms with Gasteiger partial charge in [0, 0.05) is 5.41 Å². The molecule has 2 aliphatic carbocycles. The predicted octanol–water partition coefficient (Wildman–Crippen LogP) is 4.85. The topological polar surface area (TPSA) is 26.3 Å². The summed E-state index contributed by atoms with van der Waals surface area (Å²) in [6.07, 6.45) is 3.15. The predicted molar refractivity (Wildman–Crippen MR) is 79.8 cm³/mol. The minimum Gasteiger partial charge on any atom is -0.458 e. The Morgan fingerprint density at radius 3 is 2.62 bits per heavy atom. The first-order valence-corrected chi connectivity index (χ1v) is 7.79. The monoisotopic (exact) mass is 310 g/mol. The van der Waals surface area contributed by atoms with E-state index in [4.69, 9.17) is 16.3 Å². The van der Waals surface area contributed by atoms with Crippen molar-refractivity contribution in [3.63, 3.8) is 0 Å². The van der Waals surface area contributed by atoms with Crippen molar-refractivity contribution in [3.05, 3.63) is 34.6 Å².